The van der Waals surface area contributed by atoms with E-state index in [1.165, 1.54) is 25.2 Å². The van der Waals surface area contributed by atoms with Gasteiger partial charge in [-0.05, 0) is 24.3 Å². The van der Waals surface area contributed by atoms with Crippen molar-refractivity contribution < 1.29 is 9.59 Å². The maximum atomic E-state index is 11.4. The number of amides is 2. The Balaban J connectivity index is 1.81. The van der Waals surface area contributed by atoms with E-state index >= 15 is 0 Å². The molecule has 3 aromatic heterocycles. The molecule has 0 unspecified atom stereocenters. The topological polar surface area (TPSA) is 113 Å². The molecule has 4 rings (SSSR count). The molecule has 0 radical (unpaired) electrons. The van der Waals surface area contributed by atoms with Gasteiger partial charge in [-0.2, -0.15) is 0 Å². The fraction of sp³-hybridized carbons (Fsp3) is 0.0952. The summed E-state index contributed by atoms with van der Waals surface area (Å²) in [5.74, 6) is 0.837. The van der Waals surface area contributed by atoms with E-state index in [4.69, 9.17) is 4.98 Å². The smallest absolute Gasteiger partial charge is 0.222 e. The van der Waals surface area contributed by atoms with Crippen LogP contribution in [0.5, 0.6) is 0 Å². The van der Waals surface area contributed by atoms with Crippen molar-refractivity contribution in [3.8, 4) is 32.5 Å². The molecule has 0 saturated heterocycles. The van der Waals surface area contributed by atoms with Crippen LogP contribution in [0.1, 0.15) is 13.8 Å². The summed E-state index contributed by atoms with van der Waals surface area (Å²) < 4.78 is 0. The molecule has 8 nitrogen and oxygen atoms in total. The number of aromatic amines is 1. The molecule has 0 aliphatic heterocycles. The lowest BCUT2D eigenvalue weighted by atomic mass is 10.1. The minimum atomic E-state index is -0.189. The third kappa shape index (κ3) is 4.26. The molecule has 0 bridgehead atoms. The molecule has 30 heavy (non-hydrogen) atoms. The standard InChI is InChI=1S/C21H18N6O2S/c1-12(28)25-16-5-3-4-14(10-16)18-19(20-23-8-9-24-20)30-21(27-18)15-6-7-22-17(11-15)26-13(2)29/h3-11H,1-2H3,(H,23,24)(H,25,28)(H,22,26,29). The van der Waals surface area contributed by atoms with E-state index in [1.54, 1.807) is 24.7 Å². The van der Waals surface area contributed by atoms with E-state index < -0.39 is 0 Å². The first-order chi connectivity index (χ1) is 14.5. The molecule has 9 heteroatoms. The van der Waals surface area contributed by atoms with Crippen LogP contribution in [0.2, 0.25) is 0 Å². The first-order valence-electron chi connectivity index (χ1n) is 9.12. The number of aromatic nitrogens is 4. The van der Waals surface area contributed by atoms with Gasteiger partial charge in [-0.3, -0.25) is 9.59 Å². The summed E-state index contributed by atoms with van der Waals surface area (Å²) >= 11 is 1.48. The van der Waals surface area contributed by atoms with Gasteiger partial charge >= 0.3 is 0 Å². The second-order valence-electron chi connectivity index (χ2n) is 6.51. The van der Waals surface area contributed by atoms with Crippen molar-refractivity contribution in [1.29, 1.82) is 0 Å². The number of carbonyl (C=O) groups is 2. The molecule has 150 valence electrons. The van der Waals surface area contributed by atoms with Crippen molar-refractivity contribution in [2.75, 3.05) is 10.6 Å². The first-order valence-corrected chi connectivity index (χ1v) is 9.94. The number of H-pyrrole nitrogens is 1. The highest BCUT2D eigenvalue weighted by Gasteiger charge is 2.18. The number of carbonyl (C=O) groups excluding carboxylic acids is 2. The third-order valence-corrected chi connectivity index (χ3v) is 5.22. The number of thiazole rings is 1. The Morgan fingerprint density at radius 2 is 1.80 bits per heavy atom. The predicted octanol–water partition coefficient (Wildman–Crippen LogP) is 4.18. The van der Waals surface area contributed by atoms with Crippen molar-refractivity contribution in [2.45, 2.75) is 13.8 Å². The van der Waals surface area contributed by atoms with E-state index in [-0.39, 0.29) is 11.8 Å². The Morgan fingerprint density at radius 3 is 2.53 bits per heavy atom. The Morgan fingerprint density at radius 1 is 0.967 bits per heavy atom. The summed E-state index contributed by atoms with van der Waals surface area (Å²) in [6, 6.07) is 11.1. The second kappa shape index (κ2) is 8.26. The number of imidazole rings is 1. The lowest BCUT2D eigenvalue weighted by molar-refractivity contribution is -0.115. The molecule has 4 aromatic rings. The molecular formula is C21H18N6O2S. The molecular weight excluding hydrogens is 400 g/mol. The van der Waals surface area contributed by atoms with Crippen LogP contribution in [0.25, 0.3) is 32.5 Å². The zero-order valence-corrected chi connectivity index (χ0v) is 17.1. The predicted molar refractivity (Wildman–Crippen MR) is 117 cm³/mol. The minimum Gasteiger partial charge on any atom is -0.344 e. The summed E-state index contributed by atoms with van der Waals surface area (Å²) in [6.45, 7) is 2.91. The van der Waals surface area contributed by atoms with Crippen molar-refractivity contribution in [3.63, 3.8) is 0 Å². The normalized spacial score (nSPS) is 10.6. The van der Waals surface area contributed by atoms with Gasteiger partial charge in [-0.25, -0.2) is 15.0 Å². The van der Waals surface area contributed by atoms with Crippen molar-refractivity contribution in [3.05, 3.63) is 55.0 Å². The second-order valence-corrected chi connectivity index (χ2v) is 7.51. The van der Waals surface area contributed by atoms with Crippen LogP contribution in [-0.2, 0) is 9.59 Å². The van der Waals surface area contributed by atoms with Crippen LogP contribution in [0.15, 0.2) is 55.0 Å². The fourth-order valence-corrected chi connectivity index (χ4v) is 3.99. The highest BCUT2D eigenvalue weighted by atomic mass is 32.1. The molecule has 0 atom stereocenters. The summed E-state index contributed by atoms with van der Waals surface area (Å²) in [6.07, 6.45) is 5.08. The summed E-state index contributed by atoms with van der Waals surface area (Å²) in [4.78, 5) is 40.2. The SMILES string of the molecule is CC(=O)Nc1cccc(-c2nc(-c3ccnc(NC(C)=O)c3)sc2-c2ncc[nH]2)c1. The van der Waals surface area contributed by atoms with Crippen LogP contribution in [-0.4, -0.2) is 31.8 Å². The average molecular weight is 418 g/mol. The molecule has 0 spiro atoms. The first kappa shape index (κ1) is 19.5. The van der Waals surface area contributed by atoms with Gasteiger partial charge in [0.1, 0.15) is 16.6 Å². The van der Waals surface area contributed by atoms with Crippen LogP contribution < -0.4 is 10.6 Å². The molecule has 1 aromatic carbocycles. The maximum Gasteiger partial charge on any atom is 0.222 e. The van der Waals surface area contributed by atoms with Crippen molar-refractivity contribution >= 4 is 34.7 Å². The molecule has 3 heterocycles. The van der Waals surface area contributed by atoms with E-state index in [0.717, 1.165) is 26.7 Å². The highest BCUT2D eigenvalue weighted by Crippen LogP contribution is 2.40. The van der Waals surface area contributed by atoms with E-state index in [2.05, 4.69) is 25.6 Å². The van der Waals surface area contributed by atoms with Gasteiger partial charge in [0.05, 0.1) is 10.6 Å². The minimum absolute atomic E-state index is 0.139. The van der Waals surface area contributed by atoms with Crippen LogP contribution in [0.4, 0.5) is 11.5 Å². The van der Waals surface area contributed by atoms with Gasteiger partial charge in [0, 0.05) is 49.3 Å². The molecule has 0 saturated carbocycles. The highest BCUT2D eigenvalue weighted by molar-refractivity contribution is 7.18. The van der Waals surface area contributed by atoms with E-state index in [1.807, 2.05) is 30.3 Å². The molecule has 3 N–H and O–H groups in total. The zero-order valence-electron chi connectivity index (χ0n) is 16.3. The third-order valence-electron chi connectivity index (χ3n) is 4.11. The molecule has 2 amide bonds. The quantitative estimate of drug-likeness (QED) is 0.450. The Kier molecular flexibility index (Phi) is 5.36. The average Bonchev–Trinajstić information content (AvgIpc) is 3.37. The van der Waals surface area contributed by atoms with Crippen LogP contribution in [0.3, 0.4) is 0 Å². The molecule has 0 aliphatic rings. The Labute approximate surface area is 176 Å². The monoisotopic (exact) mass is 418 g/mol. The van der Waals surface area contributed by atoms with Gasteiger partial charge in [0.15, 0.2) is 0 Å². The number of benzene rings is 1. The van der Waals surface area contributed by atoms with Gasteiger partial charge in [-0.15, -0.1) is 11.3 Å². The number of hydrogen-bond acceptors (Lipinski definition) is 6. The largest absolute Gasteiger partial charge is 0.344 e. The van der Waals surface area contributed by atoms with Gasteiger partial charge in [0.2, 0.25) is 11.8 Å². The summed E-state index contributed by atoms with van der Waals surface area (Å²) in [5, 5.41) is 6.25. The number of nitrogens with zero attached hydrogens (tertiary/aromatic N) is 3. The van der Waals surface area contributed by atoms with Gasteiger partial charge < -0.3 is 15.6 Å². The van der Waals surface area contributed by atoms with Crippen molar-refractivity contribution in [2.24, 2.45) is 0 Å². The number of nitrogens with one attached hydrogen (secondary N) is 3. The Hall–Kier alpha value is -3.85. The van der Waals surface area contributed by atoms with Crippen molar-refractivity contribution in [1.82, 2.24) is 19.9 Å². The zero-order chi connectivity index (χ0) is 21.1. The van der Waals surface area contributed by atoms with Gasteiger partial charge in [0.25, 0.3) is 0 Å². The maximum absolute atomic E-state index is 11.4. The number of hydrogen-bond donors (Lipinski definition) is 3. The number of pyridine rings is 1. The lowest BCUT2D eigenvalue weighted by Crippen LogP contribution is -2.07. The van der Waals surface area contributed by atoms with E-state index in [9.17, 15) is 9.59 Å². The van der Waals surface area contributed by atoms with Crippen LogP contribution in [0, 0.1) is 0 Å². The lowest BCUT2D eigenvalue weighted by Gasteiger charge is -2.05. The van der Waals surface area contributed by atoms with E-state index in [0.29, 0.717) is 17.3 Å². The Bertz CT molecular complexity index is 1220. The number of rotatable bonds is 5. The van der Waals surface area contributed by atoms with Crippen LogP contribution >= 0.6 is 11.3 Å². The van der Waals surface area contributed by atoms with Gasteiger partial charge in [-0.1, -0.05) is 12.1 Å². The molecule has 0 fully saturated rings. The summed E-state index contributed by atoms with van der Waals surface area (Å²) in [5.41, 5.74) is 3.12. The number of anilines is 2. The molecule has 0 aliphatic carbocycles. The summed E-state index contributed by atoms with van der Waals surface area (Å²) in [7, 11) is 0. The fourth-order valence-electron chi connectivity index (χ4n) is 2.95.